The van der Waals surface area contributed by atoms with Gasteiger partial charge in [-0.3, -0.25) is 4.79 Å². The van der Waals surface area contributed by atoms with Crippen LogP contribution in [0.3, 0.4) is 0 Å². The maximum absolute atomic E-state index is 12.2. The molecule has 3 aromatic rings. The third kappa shape index (κ3) is 2.95. The first-order chi connectivity index (χ1) is 10.2. The lowest BCUT2D eigenvalue weighted by molar-refractivity contribution is 0.0921. The fraction of sp³-hybridized carbons (Fsp3) is 0.105. The van der Waals surface area contributed by atoms with Gasteiger partial charge in [-0.1, -0.05) is 48.5 Å². The molecule has 0 fully saturated rings. The predicted octanol–water partition coefficient (Wildman–Crippen LogP) is 4.21. The summed E-state index contributed by atoms with van der Waals surface area (Å²) in [6, 6.07) is 22.2. The van der Waals surface area contributed by atoms with Gasteiger partial charge in [-0.25, -0.2) is 0 Å². The molecule has 0 spiro atoms. The average molecular weight is 275 g/mol. The summed E-state index contributed by atoms with van der Waals surface area (Å²) in [5, 5.41) is 2.19. The molecular weight excluding hydrogens is 260 g/mol. The smallest absolute Gasteiger partial charge is 0.200 e. The van der Waals surface area contributed by atoms with E-state index in [-0.39, 0.29) is 12.4 Å². The van der Waals surface area contributed by atoms with Gasteiger partial charge in [0.15, 0.2) is 12.4 Å². The Balaban J connectivity index is 1.76. The number of ether oxygens (including phenoxy) is 1. The van der Waals surface area contributed by atoms with Crippen molar-refractivity contribution >= 4 is 16.6 Å². The summed E-state index contributed by atoms with van der Waals surface area (Å²) in [5.41, 5.74) is 1.67. The molecule has 0 saturated carbocycles. The Morgan fingerprint density at radius 1 is 1.10 bits per heavy atom. The van der Waals surface area contributed by atoms with Gasteiger partial charge in [0.1, 0.15) is 5.75 Å². The van der Waals surface area contributed by atoms with Crippen LogP contribution in [0.2, 0.25) is 0 Å². The van der Waals surface area contributed by atoms with Crippen LogP contribution in [0.4, 0.5) is 0 Å². The highest BCUT2D eigenvalue weighted by molar-refractivity contribution is 6.00. The number of hydrogen-bond donors (Lipinski definition) is 0. The van der Waals surface area contributed by atoms with E-state index in [1.165, 1.54) is 0 Å². The van der Waals surface area contributed by atoms with E-state index in [4.69, 9.17) is 4.74 Å². The molecule has 0 aromatic heterocycles. The largest absolute Gasteiger partial charge is 0.485 e. The summed E-state index contributed by atoms with van der Waals surface area (Å²) in [5.74, 6) is 0.677. The quantitative estimate of drug-likeness (QED) is 0.667. The van der Waals surface area contributed by atoms with E-state index in [2.05, 4.69) is 6.07 Å². The number of aryl methyl sites for hydroxylation is 1. The van der Waals surface area contributed by atoms with Crippen molar-refractivity contribution in [2.45, 2.75) is 6.92 Å². The first-order valence-corrected chi connectivity index (χ1v) is 6.85. The SMILES string of the molecule is Cc1cc[c]cc1OCC(=O)c1ccc2ccccc2c1. The number of carbonyl (C=O) groups excluding carboxylic acids is 1. The zero-order valence-corrected chi connectivity index (χ0v) is 11.8. The number of hydrogen-bond acceptors (Lipinski definition) is 2. The van der Waals surface area contributed by atoms with Gasteiger partial charge in [0.2, 0.25) is 0 Å². The molecule has 21 heavy (non-hydrogen) atoms. The molecule has 2 nitrogen and oxygen atoms in total. The number of rotatable bonds is 4. The van der Waals surface area contributed by atoms with Crippen LogP contribution in [-0.4, -0.2) is 12.4 Å². The molecule has 3 rings (SSSR count). The van der Waals surface area contributed by atoms with Crippen molar-refractivity contribution in [1.29, 1.82) is 0 Å². The van der Waals surface area contributed by atoms with Crippen LogP contribution in [0.15, 0.2) is 60.7 Å². The van der Waals surface area contributed by atoms with Gasteiger partial charge in [0.05, 0.1) is 0 Å². The van der Waals surface area contributed by atoms with Crippen molar-refractivity contribution < 1.29 is 9.53 Å². The van der Waals surface area contributed by atoms with Crippen LogP contribution >= 0.6 is 0 Å². The first-order valence-electron chi connectivity index (χ1n) is 6.85. The van der Waals surface area contributed by atoms with Crippen LogP contribution in [-0.2, 0) is 0 Å². The molecule has 0 heterocycles. The Labute approximate surface area is 124 Å². The topological polar surface area (TPSA) is 26.3 Å². The highest BCUT2D eigenvalue weighted by Gasteiger charge is 2.08. The third-order valence-corrected chi connectivity index (χ3v) is 3.46. The zero-order valence-electron chi connectivity index (χ0n) is 11.8. The lowest BCUT2D eigenvalue weighted by atomic mass is 10.0. The van der Waals surface area contributed by atoms with Gasteiger partial charge in [-0.15, -0.1) is 0 Å². The Bertz CT molecular complexity index is 790. The summed E-state index contributed by atoms with van der Waals surface area (Å²) in [6.07, 6.45) is 0. The molecule has 0 amide bonds. The second-order valence-electron chi connectivity index (χ2n) is 4.97. The Morgan fingerprint density at radius 3 is 2.71 bits per heavy atom. The molecule has 0 atom stereocenters. The molecule has 0 N–H and O–H groups in total. The first kappa shape index (κ1) is 13.4. The van der Waals surface area contributed by atoms with Gasteiger partial charge < -0.3 is 4.74 Å². The third-order valence-electron chi connectivity index (χ3n) is 3.46. The van der Waals surface area contributed by atoms with E-state index >= 15 is 0 Å². The number of carbonyl (C=O) groups is 1. The summed E-state index contributed by atoms with van der Waals surface area (Å²) in [6.45, 7) is 1.99. The van der Waals surface area contributed by atoms with E-state index in [1.54, 1.807) is 6.07 Å². The Hall–Kier alpha value is -2.61. The van der Waals surface area contributed by atoms with Crippen LogP contribution in [0.25, 0.3) is 10.8 Å². The standard InChI is InChI=1S/C19H15O2/c1-14-6-2-5-9-19(14)21-13-18(20)17-11-10-15-7-3-4-8-16(15)12-17/h2-4,6-12H,13H2,1H3. The fourth-order valence-electron chi connectivity index (χ4n) is 2.24. The van der Waals surface area contributed by atoms with E-state index in [0.717, 1.165) is 16.3 Å². The Morgan fingerprint density at radius 2 is 1.90 bits per heavy atom. The van der Waals surface area contributed by atoms with Crippen LogP contribution < -0.4 is 4.74 Å². The molecule has 0 unspecified atom stereocenters. The van der Waals surface area contributed by atoms with Crippen LogP contribution in [0.5, 0.6) is 5.75 Å². The monoisotopic (exact) mass is 275 g/mol. The van der Waals surface area contributed by atoms with Crippen molar-refractivity contribution in [2.75, 3.05) is 6.61 Å². The summed E-state index contributed by atoms with van der Waals surface area (Å²) < 4.78 is 5.58. The molecule has 0 aliphatic heterocycles. The maximum Gasteiger partial charge on any atom is 0.200 e. The molecule has 0 saturated heterocycles. The molecule has 3 aromatic carbocycles. The normalized spacial score (nSPS) is 10.5. The maximum atomic E-state index is 12.2. The molecule has 0 aliphatic carbocycles. The molecular formula is C19H15O2. The summed E-state index contributed by atoms with van der Waals surface area (Å²) in [7, 11) is 0. The summed E-state index contributed by atoms with van der Waals surface area (Å²) >= 11 is 0. The van der Waals surface area contributed by atoms with Crippen molar-refractivity contribution in [3.8, 4) is 5.75 Å². The van der Waals surface area contributed by atoms with Gasteiger partial charge in [0, 0.05) is 5.56 Å². The molecule has 1 radical (unpaired) electrons. The number of fused-ring (bicyclic) bond motifs is 1. The van der Waals surface area contributed by atoms with Crippen LogP contribution in [0, 0.1) is 13.0 Å². The van der Waals surface area contributed by atoms with E-state index in [1.807, 2.05) is 61.5 Å². The predicted molar refractivity (Wildman–Crippen MR) is 83.8 cm³/mol. The molecule has 2 heteroatoms. The van der Waals surface area contributed by atoms with E-state index < -0.39 is 0 Å². The number of Topliss-reactive ketones (excluding diaryl/α,β-unsaturated/α-hetero) is 1. The zero-order chi connectivity index (χ0) is 14.7. The van der Waals surface area contributed by atoms with Crippen LogP contribution in [0.1, 0.15) is 15.9 Å². The van der Waals surface area contributed by atoms with Gasteiger partial charge >= 0.3 is 0 Å². The van der Waals surface area contributed by atoms with E-state index in [9.17, 15) is 4.79 Å². The van der Waals surface area contributed by atoms with Gasteiger partial charge in [0.25, 0.3) is 0 Å². The van der Waals surface area contributed by atoms with E-state index in [0.29, 0.717) is 11.3 Å². The van der Waals surface area contributed by atoms with Crippen molar-refractivity contribution in [1.82, 2.24) is 0 Å². The minimum atomic E-state index is -0.0241. The van der Waals surface area contributed by atoms with Gasteiger partial charge in [-0.05, 0) is 41.5 Å². The highest BCUT2D eigenvalue weighted by atomic mass is 16.5. The second-order valence-corrected chi connectivity index (χ2v) is 4.97. The van der Waals surface area contributed by atoms with Crippen molar-refractivity contribution in [3.05, 3.63) is 77.9 Å². The highest BCUT2D eigenvalue weighted by Crippen LogP contribution is 2.18. The summed E-state index contributed by atoms with van der Waals surface area (Å²) in [4.78, 5) is 12.2. The van der Waals surface area contributed by atoms with Crippen molar-refractivity contribution in [3.63, 3.8) is 0 Å². The minimum absolute atomic E-state index is 0.0241. The molecule has 0 bridgehead atoms. The average Bonchev–Trinajstić information content (AvgIpc) is 2.53. The fourth-order valence-corrected chi connectivity index (χ4v) is 2.24. The lowest BCUT2D eigenvalue weighted by Crippen LogP contribution is -2.12. The van der Waals surface area contributed by atoms with Crippen molar-refractivity contribution in [2.24, 2.45) is 0 Å². The molecule has 0 aliphatic rings. The van der Waals surface area contributed by atoms with Gasteiger partial charge in [-0.2, -0.15) is 0 Å². The number of benzene rings is 3. The lowest BCUT2D eigenvalue weighted by Gasteiger charge is -2.08. The minimum Gasteiger partial charge on any atom is -0.485 e. The second kappa shape index (κ2) is 5.80. The molecule has 103 valence electrons. The Kier molecular flexibility index (Phi) is 3.69. The number of ketones is 1.